The smallest absolute Gasteiger partial charge is 0.254 e. The molecule has 4 aromatic rings. The molecule has 6 heteroatoms. The molecular weight excluding hydrogens is 412 g/mol. The molecule has 1 aliphatic heterocycles. The minimum atomic E-state index is -0.00497. The lowest BCUT2D eigenvalue weighted by molar-refractivity contribution is -0.122. The summed E-state index contributed by atoms with van der Waals surface area (Å²) in [6.45, 7) is 2.91. The number of nitrogens with zero attached hydrogens (tertiary/aromatic N) is 3. The van der Waals surface area contributed by atoms with E-state index in [1.807, 2.05) is 53.4 Å². The van der Waals surface area contributed by atoms with Crippen LogP contribution in [0.15, 0.2) is 72.8 Å². The highest BCUT2D eigenvalue weighted by molar-refractivity contribution is 6.08. The largest absolute Gasteiger partial charge is 0.358 e. The minimum absolute atomic E-state index is 0.00497. The number of hydrogen-bond donors (Lipinski definition) is 1. The van der Waals surface area contributed by atoms with Crippen molar-refractivity contribution in [2.45, 2.75) is 0 Å². The van der Waals surface area contributed by atoms with E-state index in [1.54, 1.807) is 7.05 Å². The quantitative estimate of drug-likeness (QED) is 0.529. The number of benzene rings is 3. The van der Waals surface area contributed by atoms with Crippen molar-refractivity contribution in [1.29, 1.82) is 0 Å². The van der Waals surface area contributed by atoms with Gasteiger partial charge >= 0.3 is 0 Å². The first kappa shape index (κ1) is 21.1. The maximum atomic E-state index is 13.6. The molecular formula is C27H26N4O2. The average molecular weight is 439 g/mol. The van der Waals surface area contributed by atoms with Crippen LogP contribution in [0.4, 0.5) is 0 Å². The van der Waals surface area contributed by atoms with Gasteiger partial charge in [-0.1, -0.05) is 60.7 Å². The number of para-hydroxylation sites is 1. The van der Waals surface area contributed by atoms with Crippen LogP contribution in [0, 0.1) is 0 Å². The van der Waals surface area contributed by atoms with Gasteiger partial charge in [-0.3, -0.25) is 14.5 Å². The van der Waals surface area contributed by atoms with E-state index in [4.69, 9.17) is 4.98 Å². The summed E-state index contributed by atoms with van der Waals surface area (Å²) in [4.78, 5) is 34.2. The van der Waals surface area contributed by atoms with Gasteiger partial charge < -0.3 is 10.2 Å². The molecule has 0 atom stereocenters. The molecule has 1 aromatic heterocycles. The van der Waals surface area contributed by atoms with Crippen LogP contribution >= 0.6 is 0 Å². The van der Waals surface area contributed by atoms with Crippen LogP contribution in [0.2, 0.25) is 0 Å². The Balaban J connectivity index is 1.51. The number of carbonyl (C=O) groups excluding carboxylic acids is 2. The number of rotatable bonds is 4. The normalized spacial score (nSPS) is 14.5. The maximum absolute atomic E-state index is 13.6. The summed E-state index contributed by atoms with van der Waals surface area (Å²) < 4.78 is 0. The molecule has 5 rings (SSSR count). The van der Waals surface area contributed by atoms with Crippen LogP contribution in [-0.2, 0) is 4.79 Å². The highest BCUT2D eigenvalue weighted by Gasteiger charge is 2.25. The summed E-state index contributed by atoms with van der Waals surface area (Å²) in [7, 11) is 1.64. The van der Waals surface area contributed by atoms with Gasteiger partial charge in [-0.25, -0.2) is 4.98 Å². The van der Waals surface area contributed by atoms with Crippen molar-refractivity contribution < 1.29 is 9.59 Å². The molecule has 1 saturated heterocycles. The van der Waals surface area contributed by atoms with E-state index >= 15 is 0 Å². The second-order valence-electron chi connectivity index (χ2n) is 8.34. The molecule has 166 valence electrons. The van der Waals surface area contributed by atoms with Crippen LogP contribution < -0.4 is 5.32 Å². The topological polar surface area (TPSA) is 65.5 Å². The SMILES string of the molecule is CNC(=O)CN1CCN(C(=O)c2cc(-c3cccc4ccccc34)nc3ccccc23)CC1. The fourth-order valence-corrected chi connectivity index (χ4v) is 4.50. The van der Waals surface area contributed by atoms with Gasteiger partial charge in [0.1, 0.15) is 0 Å². The molecule has 2 amide bonds. The highest BCUT2D eigenvalue weighted by atomic mass is 16.2. The first-order valence-corrected chi connectivity index (χ1v) is 11.2. The predicted molar refractivity (Wildman–Crippen MR) is 131 cm³/mol. The summed E-state index contributed by atoms with van der Waals surface area (Å²) in [6.07, 6.45) is 0. The second kappa shape index (κ2) is 9.00. The first-order chi connectivity index (χ1) is 16.1. The van der Waals surface area contributed by atoms with Crippen molar-refractivity contribution in [2.75, 3.05) is 39.8 Å². The second-order valence-corrected chi connectivity index (χ2v) is 8.34. The Morgan fingerprint density at radius 3 is 2.36 bits per heavy atom. The first-order valence-electron chi connectivity index (χ1n) is 11.2. The van der Waals surface area contributed by atoms with Crippen LogP contribution in [-0.4, -0.2) is 66.4 Å². The summed E-state index contributed by atoms with van der Waals surface area (Å²) in [5, 5.41) is 5.78. The lowest BCUT2D eigenvalue weighted by Gasteiger charge is -2.34. The zero-order chi connectivity index (χ0) is 22.8. The Kier molecular flexibility index (Phi) is 5.75. The summed E-state index contributed by atoms with van der Waals surface area (Å²) in [5.41, 5.74) is 3.29. The molecule has 0 radical (unpaired) electrons. The monoisotopic (exact) mass is 438 g/mol. The Morgan fingerprint density at radius 2 is 1.58 bits per heavy atom. The molecule has 0 spiro atoms. The number of hydrogen-bond acceptors (Lipinski definition) is 4. The van der Waals surface area contributed by atoms with Crippen LogP contribution in [0.3, 0.4) is 0 Å². The average Bonchev–Trinajstić information content (AvgIpc) is 2.87. The molecule has 0 bridgehead atoms. The van der Waals surface area contributed by atoms with E-state index in [9.17, 15) is 9.59 Å². The zero-order valence-electron chi connectivity index (χ0n) is 18.6. The molecule has 1 fully saturated rings. The van der Waals surface area contributed by atoms with Gasteiger partial charge in [0.25, 0.3) is 5.91 Å². The fourth-order valence-electron chi connectivity index (χ4n) is 4.50. The molecule has 2 heterocycles. The number of nitrogens with one attached hydrogen (secondary N) is 1. The fraction of sp³-hybridized carbons (Fsp3) is 0.222. The van der Waals surface area contributed by atoms with Crippen LogP contribution in [0.5, 0.6) is 0 Å². The van der Waals surface area contributed by atoms with Gasteiger partial charge in [0.2, 0.25) is 5.91 Å². The van der Waals surface area contributed by atoms with Crippen LogP contribution in [0.25, 0.3) is 32.9 Å². The van der Waals surface area contributed by atoms with Crippen molar-refractivity contribution in [3.63, 3.8) is 0 Å². The third kappa shape index (κ3) is 4.17. The Hall–Kier alpha value is -3.77. The zero-order valence-corrected chi connectivity index (χ0v) is 18.6. The molecule has 1 aliphatic rings. The van der Waals surface area contributed by atoms with Gasteiger partial charge in [0, 0.05) is 44.2 Å². The van der Waals surface area contributed by atoms with Crippen molar-refractivity contribution in [3.05, 3.63) is 78.4 Å². The van der Waals surface area contributed by atoms with Crippen molar-refractivity contribution in [3.8, 4) is 11.3 Å². The molecule has 33 heavy (non-hydrogen) atoms. The summed E-state index contributed by atoms with van der Waals surface area (Å²) in [5.74, 6) is 0.00399. The van der Waals surface area contributed by atoms with Gasteiger partial charge in [0.05, 0.1) is 23.3 Å². The van der Waals surface area contributed by atoms with Crippen molar-refractivity contribution in [2.24, 2.45) is 0 Å². The van der Waals surface area contributed by atoms with E-state index in [2.05, 4.69) is 34.5 Å². The van der Waals surface area contributed by atoms with Gasteiger partial charge in [-0.05, 0) is 22.9 Å². The number of likely N-dealkylation sites (N-methyl/N-ethyl adjacent to an activating group) is 1. The minimum Gasteiger partial charge on any atom is -0.358 e. The van der Waals surface area contributed by atoms with Crippen molar-refractivity contribution >= 4 is 33.5 Å². The molecule has 1 N–H and O–H groups in total. The lowest BCUT2D eigenvalue weighted by Crippen LogP contribution is -2.50. The third-order valence-electron chi connectivity index (χ3n) is 6.32. The number of pyridine rings is 1. The standard InChI is InChI=1S/C27H26N4O2/c1-28-26(32)18-30-13-15-31(16-14-30)27(33)23-17-25(29-24-12-5-4-10-22(23)24)21-11-6-8-19-7-2-3-9-20(19)21/h2-12,17H,13-16,18H2,1H3,(H,28,32). The number of aromatic nitrogens is 1. The molecule has 0 saturated carbocycles. The number of carbonyl (C=O) groups is 2. The highest BCUT2D eigenvalue weighted by Crippen LogP contribution is 2.31. The van der Waals surface area contributed by atoms with E-state index < -0.39 is 0 Å². The van der Waals surface area contributed by atoms with Gasteiger partial charge in [-0.2, -0.15) is 0 Å². The predicted octanol–water partition coefficient (Wildman–Crippen LogP) is 3.56. The van der Waals surface area contributed by atoms with Crippen LogP contribution in [0.1, 0.15) is 10.4 Å². The van der Waals surface area contributed by atoms with E-state index in [0.717, 1.165) is 32.9 Å². The number of fused-ring (bicyclic) bond motifs is 2. The third-order valence-corrected chi connectivity index (χ3v) is 6.32. The van der Waals surface area contributed by atoms with E-state index in [1.165, 1.54) is 0 Å². The number of amides is 2. The number of piperazine rings is 1. The Bertz CT molecular complexity index is 1340. The van der Waals surface area contributed by atoms with Gasteiger partial charge in [0.15, 0.2) is 0 Å². The molecule has 0 aliphatic carbocycles. The van der Waals surface area contributed by atoms with Crippen molar-refractivity contribution in [1.82, 2.24) is 20.1 Å². The van der Waals surface area contributed by atoms with Gasteiger partial charge in [-0.15, -0.1) is 0 Å². The molecule has 3 aromatic carbocycles. The molecule has 6 nitrogen and oxygen atoms in total. The summed E-state index contributed by atoms with van der Waals surface area (Å²) in [6, 6.07) is 24.2. The maximum Gasteiger partial charge on any atom is 0.254 e. The lowest BCUT2D eigenvalue weighted by atomic mass is 9.98. The van der Waals surface area contributed by atoms with E-state index in [0.29, 0.717) is 38.3 Å². The summed E-state index contributed by atoms with van der Waals surface area (Å²) >= 11 is 0. The molecule has 0 unspecified atom stereocenters. The Morgan fingerprint density at radius 1 is 0.879 bits per heavy atom. The Labute approximate surface area is 192 Å². The van der Waals surface area contributed by atoms with E-state index in [-0.39, 0.29) is 11.8 Å².